The lowest BCUT2D eigenvalue weighted by atomic mass is 9.98. The predicted molar refractivity (Wildman–Crippen MR) is 72.7 cm³/mol. The fraction of sp³-hybridized carbons (Fsp3) is 0.615. The summed E-state index contributed by atoms with van der Waals surface area (Å²) in [4.78, 5) is 6.75. The molecule has 94 valence electrons. The molecule has 1 unspecified atom stereocenters. The summed E-state index contributed by atoms with van der Waals surface area (Å²) in [7, 11) is 0. The Balaban J connectivity index is 1.94. The molecule has 1 aromatic rings. The van der Waals surface area contributed by atoms with E-state index in [1.165, 1.54) is 12.8 Å². The number of hydrogen-bond donors (Lipinski definition) is 1. The Morgan fingerprint density at radius 2 is 2.41 bits per heavy atom. The number of anilines is 1. The Morgan fingerprint density at radius 1 is 1.53 bits per heavy atom. The van der Waals surface area contributed by atoms with Gasteiger partial charge in [-0.1, -0.05) is 18.5 Å². The van der Waals surface area contributed by atoms with Crippen LogP contribution in [-0.2, 0) is 0 Å². The second-order valence-corrected chi connectivity index (χ2v) is 5.03. The molecule has 1 N–H and O–H groups in total. The van der Waals surface area contributed by atoms with Crippen LogP contribution in [0.15, 0.2) is 18.3 Å². The van der Waals surface area contributed by atoms with Crippen molar-refractivity contribution in [3.8, 4) is 0 Å². The van der Waals surface area contributed by atoms with Crippen LogP contribution in [0.5, 0.6) is 0 Å². The monoisotopic (exact) mass is 253 g/mol. The van der Waals surface area contributed by atoms with Crippen LogP contribution in [0.25, 0.3) is 0 Å². The Bertz CT molecular complexity index is 339. The van der Waals surface area contributed by atoms with Gasteiger partial charge in [0.2, 0.25) is 0 Å². The summed E-state index contributed by atoms with van der Waals surface area (Å²) >= 11 is 5.86. The van der Waals surface area contributed by atoms with Gasteiger partial charge in [-0.25, -0.2) is 4.98 Å². The van der Waals surface area contributed by atoms with Crippen molar-refractivity contribution in [2.24, 2.45) is 5.92 Å². The zero-order chi connectivity index (χ0) is 12.1. The van der Waals surface area contributed by atoms with Crippen molar-refractivity contribution in [3.05, 3.63) is 23.4 Å². The number of aromatic nitrogens is 1. The van der Waals surface area contributed by atoms with Crippen molar-refractivity contribution in [2.75, 3.05) is 31.1 Å². The van der Waals surface area contributed by atoms with Crippen LogP contribution in [0.1, 0.15) is 19.8 Å². The van der Waals surface area contributed by atoms with Gasteiger partial charge < -0.3 is 10.2 Å². The highest BCUT2D eigenvalue weighted by atomic mass is 35.5. The van der Waals surface area contributed by atoms with Gasteiger partial charge in [-0.05, 0) is 44.0 Å². The summed E-state index contributed by atoms with van der Waals surface area (Å²) in [5.41, 5.74) is 0. The summed E-state index contributed by atoms with van der Waals surface area (Å²) in [5, 5.41) is 4.13. The molecule has 0 aromatic carbocycles. The molecule has 17 heavy (non-hydrogen) atoms. The number of piperidine rings is 1. The maximum Gasteiger partial charge on any atom is 0.128 e. The zero-order valence-electron chi connectivity index (χ0n) is 10.3. The standard InChI is InChI=1S/C13H20ClN3/c1-2-15-8-11-4-3-7-17(10-11)13-6-5-12(14)9-16-13/h5-6,9,11,15H,2-4,7-8,10H2,1H3. The smallest absolute Gasteiger partial charge is 0.128 e. The van der Waals surface area contributed by atoms with Crippen molar-refractivity contribution in [2.45, 2.75) is 19.8 Å². The fourth-order valence-electron chi connectivity index (χ4n) is 2.34. The Labute approximate surface area is 108 Å². The number of halogens is 1. The number of rotatable bonds is 4. The lowest BCUT2D eigenvalue weighted by Gasteiger charge is -2.33. The van der Waals surface area contributed by atoms with Crippen molar-refractivity contribution in [1.82, 2.24) is 10.3 Å². The largest absolute Gasteiger partial charge is 0.356 e. The first-order valence-corrected chi connectivity index (χ1v) is 6.74. The molecular formula is C13H20ClN3. The van der Waals surface area contributed by atoms with Crippen LogP contribution in [0.4, 0.5) is 5.82 Å². The molecule has 3 nitrogen and oxygen atoms in total. The normalized spacial score (nSPS) is 20.6. The zero-order valence-corrected chi connectivity index (χ0v) is 11.1. The molecule has 1 atom stereocenters. The third-order valence-corrected chi connectivity index (χ3v) is 3.46. The van der Waals surface area contributed by atoms with E-state index in [2.05, 4.69) is 22.1 Å². The number of nitrogens with one attached hydrogen (secondary N) is 1. The molecule has 0 aliphatic carbocycles. The van der Waals surface area contributed by atoms with Crippen LogP contribution in [-0.4, -0.2) is 31.2 Å². The highest BCUT2D eigenvalue weighted by Crippen LogP contribution is 2.22. The molecule has 1 fully saturated rings. The van der Waals surface area contributed by atoms with Crippen LogP contribution in [0.3, 0.4) is 0 Å². The first-order valence-electron chi connectivity index (χ1n) is 6.37. The van der Waals surface area contributed by atoms with Crippen molar-refractivity contribution < 1.29 is 0 Å². The molecule has 2 rings (SSSR count). The van der Waals surface area contributed by atoms with Gasteiger partial charge in [-0.3, -0.25) is 0 Å². The SMILES string of the molecule is CCNCC1CCCN(c2ccc(Cl)cn2)C1. The summed E-state index contributed by atoms with van der Waals surface area (Å²) < 4.78 is 0. The van der Waals surface area contributed by atoms with Crippen LogP contribution < -0.4 is 10.2 Å². The maximum absolute atomic E-state index is 5.86. The number of nitrogens with zero attached hydrogens (tertiary/aromatic N) is 2. The molecule has 2 heterocycles. The van der Waals surface area contributed by atoms with E-state index in [4.69, 9.17) is 11.6 Å². The third-order valence-electron chi connectivity index (χ3n) is 3.24. The first kappa shape index (κ1) is 12.7. The second-order valence-electron chi connectivity index (χ2n) is 4.60. The van der Waals surface area contributed by atoms with Gasteiger partial charge in [0, 0.05) is 19.3 Å². The van der Waals surface area contributed by atoms with Gasteiger partial charge in [0.1, 0.15) is 5.82 Å². The van der Waals surface area contributed by atoms with E-state index in [-0.39, 0.29) is 0 Å². The fourth-order valence-corrected chi connectivity index (χ4v) is 2.46. The first-order chi connectivity index (χ1) is 8.29. The van der Waals surface area contributed by atoms with Gasteiger partial charge >= 0.3 is 0 Å². The van der Waals surface area contributed by atoms with E-state index in [0.29, 0.717) is 5.02 Å². The van der Waals surface area contributed by atoms with E-state index < -0.39 is 0 Å². The topological polar surface area (TPSA) is 28.2 Å². The minimum absolute atomic E-state index is 0.704. The van der Waals surface area contributed by atoms with E-state index in [1.807, 2.05) is 12.1 Å². The molecule has 4 heteroatoms. The van der Waals surface area contributed by atoms with Gasteiger partial charge in [-0.2, -0.15) is 0 Å². The molecule has 0 amide bonds. The summed E-state index contributed by atoms with van der Waals surface area (Å²) in [6, 6.07) is 3.93. The van der Waals surface area contributed by atoms with Crippen LogP contribution in [0, 0.1) is 5.92 Å². The van der Waals surface area contributed by atoms with E-state index >= 15 is 0 Å². The Hall–Kier alpha value is -0.800. The molecule has 1 aliphatic rings. The molecule has 0 saturated carbocycles. The maximum atomic E-state index is 5.86. The van der Waals surface area contributed by atoms with Crippen molar-refractivity contribution in [1.29, 1.82) is 0 Å². The average molecular weight is 254 g/mol. The van der Waals surface area contributed by atoms with Gasteiger partial charge in [0.05, 0.1) is 5.02 Å². The van der Waals surface area contributed by atoms with Crippen LogP contribution >= 0.6 is 11.6 Å². The average Bonchev–Trinajstić information content (AvgIpc) is 2.37. The quantitative estimate of drug-likeness (QED) is 0.894. The van der Waals surface area contributed by atoms with Crippen molar-refractivity contribution in [3.63, 3.8) is 0 Å². The lowest BCUT2D eigenvalue weighted by Crippen LogP contribution is -2.40. The van der Waals surface area contributed by atoms with E-state index in [9.17, 15) is 0 Å². The minimum Gasteiger partial charge on any atom is -0.356 e. The van der Waals surface area contributed by atoms with E-state index in [1.54, 1.807) is 6.20 Å². The molecule has 1 aromatic heterocycles. The molecule has 0 bridgehead atoms. The Kier molecular flexibility index (Phi) is 4.63. The highest BCUT2D eigenvalue weighted by molar-refractivity contribution is 6.30. The van der Waals surface area contributed by atoms with Gasteiger partial charge in [0.25, 0.3) is 0 Å². The minimum atomic E-state index is 0.704. The number of hydrogen-bond acceptors (Lipinski definition) is 3. The van der Waals surface area contributed by atoms with Gasteiger partial charge in [0.15, 0.2) is 0 Å². The second kappa shape index (κ2) is 6.22. The summed E-state index contributed by atoms with van der Waals surface area (Å²) in [5.74, 6) is 1.79. The number of pyridine rings is 1. The third kappa shape index (κ3) is 3.58. The van der Waals surface area contributed by atoms with E-state index in [0.717, 1.165) is 37.9 Å². The van der Waals surface area contributed by atoms with Crippen LogP contribution in [0.2, 0.25) is 5.02 Å². The lowest BCUT2D eigenvalue weighted by molar-refractivity contribution is 0.394. The molecule has 0 spiro atoms. The molecule has 1 aliphatic heterocycles. The summed E-state index contributed by atoms with van der Waals surface area (Å²) in [6.45, 7) is 6.52. The molecule has 1 saturated heterocycles. The predicted octanol–water partition coefficient (Wildman–Crippen LogP) is 2.56. The summed E-state index contributed by atoms with van der Waals surface area (Å²) in [6.07, 6.45) is 4.29. The molecular weight excluding hydrogens is 234 g/mol. The van der Waals surface area contributed by atoms with Gasteiger partial charge in [-0.15, -0.1) is 0 Å². The Morgan fingerprint density at radius 3 is 3.12 bits per heavy atom. The highest BCUT2D eigenvalue weighted by Gasteiger charge is 2.20. The molecule has 0 radical (unpaired) electrons. The van der Waals surface area contributed by atoms with Crippen molar-refractivity contribution >= 4 is 17.4 Å².